The maximum absolute atomic E-state index is 5.19. The average Bonchev–Trinajstić information content (AvgIpc) is 2.40. The average molecular weight is 262 g/mol. The maximum atomic E-state index is 5.19. The third-order valence-electron chi connectivity index (χ3n) is 3.69. The molecule has 2 rings (SSSR count). The van der Waals surface area contributed by atoms with E-state index >= 15 is 0 Å². The van der Waals surface area contributed by atoms with Gasteiger partial charge in [0.2, 0.25) is 0 Å². The Balaban J connectivity index is 1.80. The zero-order valence-electron chi connectivity index (χ0n) is 12.1. The van der Waals surface area contributed by atoms with Crippen molar-refractivity contribution in [2.45, 2.75) is 38.4 Å². The highest BCUT2D eigenvalue weighted by Gasteiger charge is 2.20. The number of hydrogen-bond donors (Lipinski definition) is 1. The van der Waals surface area contributed by atoms with Crippen molar-refractivity contribution in [3.8, 4) is 0 Å². The second-order valence-corrected chi connectivity index (χ2v) is 5.58. The minimum absolute atomic E-state index is 0.437. The lowest BCUT2D eigenvalue weighted by Crippen LogP contribution is -2.49. The molecule has 0 saturated carbocycles. The van der Waals surface area contributed by atoms with E-state index in [9.17, 15) is 0 Å². The van der Waals surface area contributed by atoms with E-state index < -0.39 is 0 Å². The number of nitrogens with one attached hydrogen (secondary N) is 1. The first-order chi connectivity index (χ1) is 9.28. The Bertz CT molecular complexity index is 355. The molecule has 3 nitrogen and oxygen atoms in total. The summed E-state index contributed by atoms with van der Waals surface area (Å²) in [6.45, 7) is 6.40. The van der Waals surface area contributed by atoms with Gasteiger partial charge in [-0.2, -0.15) is 0 Å². The van der Waals surface area contributed by atoms with Crippen LogP contribution in [0.3, 0.4) is 0 Å². The molecule has 2 unspecified atom stereocenters. The summed E-state index contributed by atoms with van der Waals surface area (Å²) in [5, 5.41) is 3.67. The van der Waals surface area contributed by atoms with Crippen LogP contribution in [0.5, 0.6) is 0 Å². The Morgan fingerprint density at radius 1 is 1.37 bits per heavy atom. The molecule has 0 amide bonds. The summed E-state index contributed by atoms with van der Waals surface area (Å²) in [6, 6.07) is 11.8. The van der Waals surface area contributed by atoms with Crippen molar-refractivity contribution in [1.82, 2.24) is 10.2 Å². The molecule has 0 aliphatic carbocycles. The number of benzene rings is 1. The van der Waals surface area contributed by atoms with Crippen LogP contribution in [0.1, 0.15) is 25.3 Å². The normalized spacial score (nSPS) is 22.3. The van der Waals surface area contributed by atoms with Crippen molar-refractivity contribution in [1.29, 1.82) is 0 Å². The largest absolute Gasteiger partial charge is 0.383 e. The van der Waals surface area contributed by atoms with Crippen LogP contribution in [0.25, 0.3) is 0 Å². The third kappa shape index (κ3) is 4.94. The summed E-state index contributed by atoms with van der Waals surface area (Å²) >= 11 is 0. The van der Waals surface area contributed by atoms with Gasteiger partial charge in [0.1, 0.15) is 0 Å². The number of ether oxygens (including phenoxy) is 1. The molecule has 1 aliphatic heterocycles. The zero-order chi connectivity index (χ0) is 13.5. The van der Waals surface area contributed by atoms with E-state index in [0.29, 0.717) is 12.1 Å². The molecule has 0 spiro atoms. The Morgan fingerprint density at radius 2 is 2.16 bits per heavy atom. The summed E-state index contributed by atoms with van der Waals surface area (Å²) in [5.41, 5.74) is 1.41. The summed E-state index contributed by atoms with van der Waals surface area (Å²) in [7, 11) is 1.76. The molecular formula is C16H26N2O. The van der Waals surface area contributed by atoms with Gasteiger partial charge in [-0.05, 0) is 31.9 Å². The first-order valence-electron chi connectivity index (χ1n) is 7.29. The van der Waals surface area contributed by atoms with Gasteiger partial charge in [0.05, 0.1) is 6.61 Å². The minimum Gasteiger partial charge on any atom is -0.383 e. The second kappa shape index (κ2) is 7.63. The van der Waals surface area contributed by atoms with Gasteiger partial charge in [-0.1, -0.05) is 30.3 Å². The lowest BCUT2D eigenvalue weighted by atomic mass is 10.0. The van der Waals surface area contributed by atoms with Crippen LogP contribution in [0.15, 0.2) is 30.3 Å². The highest BCUT2D eigenvalue weighted by molar-refractivity contribution is 5.14. The predicted molar refractivity (Wildman–Crippen MR) is 79.2 cm³/mol. The van der Waals surface area contributed by atoms with E-state index in [1.54, 1.807) is 7.11 Å². The Kier molecular flexibility index (Phi) is 5.83. The molecule has 0 aromatic heterocycles. The first kappa shape index (κ1) is 14.5. The van der Waals surface area contributed by atoms with Crippen LogP contribution >= 0.6 is 0 Å². The number of piperidine rings is 1. The minimum atomic E-state index is 0.437. The highest BCUT2D eigenvalue weighted by atomic mass is 16.5. The first-order valence-corrected chi connectivity index (χ1v) is 7.29. The van der Waals surface area contributed by atoms with Crippen LogP contribution < -0.4 is 5.32 Å². The van der Waals surface area contributed by atoms with Crippen LogP contribution in [-0.2, 0) is 11.3 Å². The molecule has 1 fully saturated rings. The van der Waals surface area contributed by atoms with Gasteiger partial charge >= 0.3 is 0 Å². The van der Waals surface area contributed by atoms with Crippen molar-refractivity contribution >= 4 is 0 Å². The lowest BCUT2D eigenvalue weighted by Gasteiger charge is -2.34. The fourth-order valence-corrected chi connectivity index (χ4v) is 2.88. The van der Waals surface area contributed by atoms with Crippen molar-refractivity contribution < 1.29 is 4.74 Å². The number of likely N-dealkylation sites (tertiary alicyclic amines) is 1. The van der Waals surface area contributed by atoms with Gasteiger partial charge in [0.25, 0.3) is 0 Å². The topological polar surface area (TPSA) is 24.5 Å². The van der Waals surface area contributed by atoms with Gasteiger partial charge < -0.3 is 10.1 Å². The number of hydrogen-bond acceptors (Lipinski definition) is 3. The molecule has 1 heterocycles. The molecule has 0 radical (unpaired) electrons. The molecule has 2 atom stereocenters. The van der Waals surface area contributed by atoms with E-state index in [2.05, 4.69) is 47.5 Å². The Hall–Kier alpha value is -0.900. The highest BCUT2D eigenvalue weighted by Crippen LogP contribution is 2.14. The molecule has 19 heavy (non-hydrogen) atoms. The quantitative estimate of drug-likeness (QED) is 0.851. The standard InChI is InChI=1S/C16H26N2O/c1-14(13-19-2)17-16-9-6-10-18(12-16)11-15-7-4-3-5-8-15/h3-5,7-8,14,16-17H,6,9-13H2,1-2H3. The zero-order valence-corrected chi connectivity index (χ0v) is 12.1. The molecule has 1 N–H and O–H groups in total. The lowest BCUT2D eigenvalue weighted by molar-refractivity contribution is 0.139. The summed E-state index contributed by atoms with van der Waals surface area (Å²) in [5.74, 6) is 0. The van der Waals surface area contributed by atoms with E-state index in [4.69, 9.17) is 4.74 Å². The van der Waals surface area contributed by atoms with Crippen molar-refractivity contribution in [2.75, 3.05) is 26.8 Å². The van der Waals surface area contributed by atoms with E-state index in [1.807, 2.05) is 0 Å². The van der Waals surface area contributed by atoms with Crippen LogP contribution in [0.2, 0.25) is 0 Å². The molecule has 0 bridgehead atoms. The molecular weight excluding hydrogens is 236 g/mol. The van der Waals surface area contributed by atoms with Gasteiger partial charge in [-0.3, -0.25) is 4.90 Å². The van der Waals surface area contributed by atoms with Crippen molar-refractivity contribution in [3.63, 3.8) is 0 Å². The second-order valence-electron chi connectivity index (χ2n) is 5.58. The number of nitrogens with zero attached hydrogens (tertiary/aromatic N) is 1. The van der Waals surface area contributed by atoms with Gasteiger partial charge in [0, 0.05) is 32.3 Å². The van der Waals surface area contributed by atoms with E-state index in [1.165, 1.54) is 24.9 Å². The monoisotopic (exact) mass is 262 g/mol. The van der Waals surface area contributed by atoms with Crippen LogP contribution in [-0.4, -0.2) is 43.8 Å². The van der Waals surface area contributed by atoms with Crippen molar-refractivity contribution in [2.24, 2.45) is 0 Å². The third-order valence-corrected chi connectivity index (χ3v) is 3.69. The smallest absolute Gasteiger partial charge is 0.0613 e. The fourth-order valence-electron chi connectivity index (χ4n) is 2.88. The Labute approximate surface area is 116 Å². The number of methoxy groups -OCH3 is 1. The van der Waals surface area contributed by atoms with Crippen LogP contribution in [0, 0.1) is 0 Å². The molecule has 106 valence electrons. The van der Waals surface area contributed by atoms with E-state index in [0.717, 1.165) is 19.7 Å². The van der Waals surface area contributed by atoms with Crippen molar-refractivity contribution in [3.05, 3.63) is 35.9 Å². The maximum Gasteiger partial charge on any atom is 0.0613 e. The summed E-state index contributed by atoms with van der Waals surface area (Å²) < 4.78 is 5.19. The molecule has 1 aromatic carbocycles. The summed E-state index contributed by atoms with van der Waals surface area (Å²) in [6.07, 6.45) is 2.56. The van der Waals surface area contributed by atoms with Gasteiger partial charge in [-0.25, -0.2) is 0 Å². The number of rotatable bonds is 6. The molecule has 1 aliphatic rings. The molecule has 1 saturated heterocycles. The van der Waals surface area contributed by atoms with Crippen LogP contribution in [0.4, 0.5) is 0 Å². The predicted octanol–water partition coefficient (Wildman–Crippen LogP) is 2.28. The molecule has 3 heteroatoms. The van der Waals surface area contributed by atoms with Gasteiger partial charge in [0.15, 0.2) is 0 Å². The van der Waals surface area contributed by atoms with E-state index in [-0.39, 0.29) is 0 Å². The summed E-state index contributed by atoms with van der Waals surface area (Å²) in [4.78, 5) is 2.55. The SMILES string of the molecule is COCC(C)NC1CCCN(Cc2ccccc2)C1. The van der Waals surface area contributed by atoms with Gasteiger partial charge in [-0.15, -0.1) is 0 Å². The molecule has 1 aromatic rings. The fraction of sp³-hybridized carbons (Fsp3) is 0.625. The Morgan fingerprint density at radius 3 is 2.89 bits per heavy atom.